The number of hydrogen-bond donors (Lipinski definition) is 2. The van der Waals surface area contributed by atoms with E-state index in [4.69, 9.17) is 12.2 Å². The van der Waals surface area contributed by atoms with Crippen molar-refractivity contribution in [1.82, 2.24) is 5.32 Å². The van der Waals surface area contributed by atoms with Gasteiger partial charge >= 0.3 is 0 Å². The number of nitrogens with one attached hydrogen (secondary N) is 1. The van der Waals surface area contributed by atoms with Crippen LogP contribution in [-0.2, 0) is 0 Å². The lowest BCUT2D eigenvalue weighted by atomic mass is 9.94. The predicted molar refractivity (Wildman–Crippen MR) is 109 cm³/mol. The lowest BCUT2D eigenvalue weighted by Gasteiger charge is -2.24. The summed E-state index contributed by atoms with van der Waals surface area (Å²) < 4.78 is 0. The van der Waals surface area contributed by atoms with Crippen LogP contribution in [0.4, 0.5) is 0 Å². The molecule has 3 N–H and O–H groups in total. The lowest BCUT2D eigenvalue weighted by Crippen LogP contribution is -2.34. The molecule has 2 nitrogen and oxygen atoms in total. The fourth-order valence-electron chi connectivity index (χ4n) is 2.68. The molecule has 0 atom stereocenters. The minimum Gasteiger partial charge on any atom is -0.388 e. The highest BCUT2D eigenvalue weighted by Gasteiger charge is 2.14. The van der Waals surface area contributed by atoms with Gasteiger partial charge in [-0.15, -0.1) is 12.3 Å². The van der Waals surface area contributed by atoms with Gasteiger partial charge in [0.2, 0.25) is 0 Å². The average molecular weight is 335 g/mol. The molecule has 140 valence electrons. The van der Waals surface area contributed by atoms with Crippen LogP contribution in [0.25, 0.3) is 0 Å². The Morgan fingerprint density at radius 3 is 1.83 bits per heavy atom. The van der Waals surface area contributed by atoms with Crippen LogP contribution in [0.2, 0.25) is 0 Å². The molecule has 0 aromatic heterocycles. The molecular weight excluding hydrogens is 292 g/mol. The van der Waals surface area contributed by atoms with E-state index in [1.165, 1.54) is 76.3 Å². The first-order valence-electron chi connectivity index (χ1n) is 10.1. The van der Waals surface area contributed by atoms with Gasteiger partial charge in [-0.2, -0.15) is 0 Å². The highest BCUT2D eigenvalue weighted by atomic mass is 14.9. The molecule has 0 heterocycles. The summed E-state index contributed by atoms with van der Waals surface area (Å²) in [5.74, 6) is 2.71. The van der Waals surface area contributed by atoms with Crippen molar-refractivity contribution in [3.05, 3.63) is 12.3 Å². The first kappa shape index (κ1) is 23.1. The van der Waals surface area contributed by atoms with E-state index < -0.39 is 0 Å². The Morgan fingerprint density at radius 2 is 1.38 bits per heavy atom. The van der Waals surface area contributed by atoms with Crippen LogP contribution in [-0.4, -0.2) is 13.1 Å². The first-order valence-corrected chi connectivity index (χ1v) is 10.1. The Morgan fingerprint density at radius 1 is 0.917 bits per heavy atom. The van der Waals surface area contributed by atoms with Crippen molar-refractivity contribution in [1.29, 1.82) is 0 Å². The van der Waals surface area contributed by atoms with Crippen molar-refractivity contribution in [2.24, 2.45) is 11.1 Å². The third-order valence-electron chi connectivity index (χ3n) is 4.67. The van der Waals surface area contributed by atoms with Gasteiger partial charge in [0.1, 0.15) is 0 Å². The fraction of sp³-hybridized carbons (Fsp3) is 0.818. The zero-order chi connectivity index (χ0) is 18.1. The predicted octanol–water partition coefficient (Wildman–Crippen LogP) is 5.78. The molecule has 0 aliphatic carbocycles. The molecular formula is C22H42N2. The summed E-state index contributed by atoms with van der Waals surface area (Å²) in [6.07, 6.45) is 22.1. The van der Waals surface area contributed by atoms with Crippen molar-refractivity contribution in [2.75, 3.05) is 13.1 Å². The Kier molecular flexibility index (Phi) is 15.0. The topological polar surface area (TPSA) is 38.0 Å². The molecule has 24 heavy (non-hydrogen) atoms. The molecule has 0 bridgehead atoms. The summed E-state index contributed by atoms with van der Waals surface area (Å²) in [6, 6.07) is 0. The third-order valence-corrected chi connectivity index (χ3v) is 4.67. The van der Waals surface area contributed by atoms with E-state index in [0.717, 1.165) is 19.4 Å². The largest absolute Gasteiger partial charge is 0.388 e. The van der Waals surface area contributed by atoms with E-state index >= 15 is 0 Å². The molecule has 0 saturated heterocycles. The summed E-state index contributed by atoms with van der Waals surface area (Å²) in [6.45, 7) is 10.1. The number of rotatable bonds is 17. The minimum atomic E-state index is 0.157. The van der Waals surface area contributed by atoms with Crippen LogP contribution >= 0.6 is 0 Å². The van der Waals surface area contributed by atoms with Crippen LogP contribution < -0.4 is 11.1 Å². The maximum atomic E-state index is 5.74. The Hall–Kier alpha value is -0.940. The van der Waals surface area contributed by atoms with Gasteiger partial charge in [-0.3, -0.25) is 0 Å². The average Bonchev–Trinajstić information content (AvgIpc) is 2.57. The molecule has 0 saturated carbocycles. The van der Waals surface area contributed by atoms with Crippen molar-refractivity contribution in [3.8, 4) is 12.3 Å². The van der Waals surface area contributed by atoms with Crippen LogP contribution in [0.3, 0.4) is 0 Å². The molecule has 0 spiro atoms. The SMILES string of the molecule is C#CCCCCCCCCCCCCCC(=C)NCC(C)(C)CN. The molecule has 0 aliphatic heterocycles. The summed E-state index contributed by atoms with van der Waals surface area (Å²) in [5.41, 5.74) is 7.07. The van der Waals surface area contributed by atoms with Gasteiger partial charge in [-0.05, 0) is 31.2 Å². The van der Waals surface area contributed by atoms with E-state index in [9.17, 15) is 0 Å². The summed E-state index contributed by atoms with van der Waals surface area (Å²) in [4.78, 5) is 0. The summed E-state index contributed by atoms with van der Waals surface area (Å²) in [5, 5.41) is 3.43. The molecule has 0 aromatic rings. The second-order valence-electron chi connectivity index (χ2n) is 7.92. The standard InChI is InChI=1S/C22H42N2/c1-5-6-7-8-9-10-11-12-13-14-15-16-17-18-21(2)24-20-22(3,4)19-23/h1,24H,2,6-20,23H2,3-4H3. The van der Waals surface area contributed by atoms with Crippen LogP contribution in [0.1, 0.15) is 97.3 Å². The van der Waals surface area contributed by atoms with E-state index in [-0.39, 0.29) is 5.41 Å². The smallest absolute Gasteiger partial charge is 0.0207 e. The van der Waals surface area contributed by atoms with Gasteiger partial charge in [-0.25, -0.2) is 0 Å². The maximum absolute atomic E-state index is 5.74. The molecule has 0 fully saturated rings. The summed E-state index contributed by atoms with van der Waals surface area (Å²) >= 11 is 0. The number of hydrogen-bond acceptors (Lipinski definition) is 2. The van der Waals surface area contributed by atoms with E-state index in [0.29, 0.717) is 6.54 Å². The number of allylic oxidation sites excluding steroid dienone is 1. The number of nitrogens with two attached hydrogens (primary N) is 1. The Balaban J connectivity index is 3.25. The number of terminal acetylenes is 1. The molecule has 0 amide bonds. The number of unbranched alkanes of at least 4 members (excludes halogenated alkanes) is 11. The Bertz CT molecular complexity index is 338. The van der Waals surface area contributed by atoms with Gasteiger partial charge in [-0.1, -0.05) is 78.2 Å². The third kappa shape index (κ3) is 15.9. The maximum Gasteiger partial charge on any atom is 0.0207 e. The highest BCUT2D eigenvalue weighted by molar-refractivity contribution is 4.92. The normalized spacial score (nSPS) is 11.2. The van der Waals surface area contributed by atoms with Crippen molar-refractivity contribution in [2.45, 2.75) is 97.3 Å². The fourth-order valence-corrected chi connectivity index (χ4v) is 2.68. The lowest BCUT2D eigenvalue weighted by molar-refractivity contribution is 0.363. The quantitative estimate of drug-likeness (QED) is 0.261. The molecule has 0 radical (unpaired) electrons. The van der Waals surface area contributed by atoms with Gasteiger partial charge < -0.3 is 11.1 Å². The van der Waals surface area contributed by atoms with E-state index in [2.05, 4.69) is 31.7 Å². The van der Waals surface area contributed by atoms with Crippen molar-refractivity contribution in [3.63, 3.8) is 0 Å². The zero-order valence-electron chi connectivity index (χ0n) is 16.5. The van der Waals surface area contributed by atoms with Crippen molar-refractivity contribution < 1.29 is 0 Å². The van der Waals surface area contributed by atoms with Crippen LogP contribution in [0, 0.1) is 17.8 Å². The van der Waals surface area contributed by atoms with Gasteiger partial charge in [0.25, 0.3) is 0 Å². The van der Waals surface area contributed by atoms with E-state index in [1.54, 1.807) is 0 Å². The van der Waals surface area contributed by atoms with Crippen LogP contribution in [0.5, 0.6) is 0 Å². The first-order chi connectivity index (χ1) is 11.5. The molecule has 0 rings (SSSR count). The monoisotopic (exact) mass is 334 g/mol. The highest BCUT2D eigenvalue weighted by Crippen LogP contribution is 2.14. The van der Waals surface area contributed by atoms with Crippen LogP contribution in [0.15, 0.2) is 12.3 Å². The van der Waals surface area contributed by atoms with Crippen molar-refractivity contribution >= 4 is 0 Å². The second-order valence-corrected chi connectivity index (χ2v) is 7.92. The van der Waals surface area contributed by atoms with Gasteiger partial charge in [0.05, 0.1) is 0 Å². The second kappa shape index (κ2) is 15.6. The zero-order valence-corrected chi connectivity index (χ0v) is 16.5. The van der Waals surface area contributed by atoms with Gasteiger partial charge in [0.15, 0.2) is 0 Å². The minimum absolute atomic E-state index is 0.157. The van der Waals surface area contributed by atoms with Gasteiger partial charge in [0, 0.05) is 18.7 Å². The molecule has 0 aromatic carbocycles. The van der Waals surface area contributed by atoms with E-state index in [1.807, 2.05) is 0 Å². The molecule has 0 unspecified atom stereocenters. The molecule has 2 heteroatoms. The Labute approximate surface area is 152 Å². The molecule has 0 aliphatic rings. The summed E-state index contributed by atoms with van der Waals surface area (Å²) in [7, 11) is 0.